The molecule has 5 heteroatoms. The van der Waals surface area contributed by atoms with Crippen molar-refractivity contribution in [1.29, 1.82) is 0 Å². The smallest absolute Gasteiger partial charge is 0.217 e. The van der Waals surface area contributed by atoms with Crippen LogP contribution >= 0.6 is 11.6 Å². The van der Waals surface area contributed by atoms with Crippen molar-refractivity contribution in [1.82, 2.24) is 5.32 Å². The molecule has 1 fully saturated rings. The van der Waals surface area contributed by atoms with Gasteiger partial charge in [-0.05, 0) is 18.6 Å². The van der Waals surface area contributed by atoms with Crippen LogP contribution in [-0.2, 0) is 4.79 Å². The van der Waals surface area contributed by atoms with Crippen LogP contribution in [0.5, 0.6) is 0 Å². The summed E-state index contributed by atoms with van der Waals surface area (Å²) in [6.45, 7) is 2.98. The summed E-state index contributed by atoms with van der Waals surface area (Å²) in [4.78, 5) is 24.1. The topological polar surface area (TPSA) is 49.4 Å². The number of rotatable bonds is 3. The Morgan fingerprint density at radius 1 is 1.56 bits per heavy atom. The zero-order valence-corrected chi connectivity index (χ0v) is 10.9. The molecule has 18 heavy (non-hydrogen) atoms. The lowest BCUT2D eigenvalue weighted by molar-refractivity contribution is -0.119. The van der Waals surface area contributed by atoms with Crippen LogP contribution in [0.2, 0.25) is 5.02 Å². The van der Waals surface area contributed by atoms with Crippen LogP contribution in [0.25, 0.3) is 0 Å². The third-order valence-corrected chi connectivity index (χ3v) is 3.36. The van der Waals surface area contributed by atoms with Gasteiger partial charge in [0, 0.05) is 31.6 Å². The van der Waals surface area contributed by atoms with Gasteiger partial charge in [0.2, 0.25) is 5.91 Å². The Bertz CT molecular complexity index is 476. The SMILES string of the molecule is CC(=O)NC1CCN(c2c(Cl)cccc2C=O)C1. The van der Waals surface area contributed by atoms with Gasteiger partial charge in [0.05, 0.1) is 10.7 Å². The van der Waals surface area contributed by atoms with E-state index in [0.29, 0.717) is 17.1 Å². The number of amides is 1. The maximum atomic E-state index is 11.0. The average molecular weight is 267 g/mol. The zero-order valence-electron chi connectivity index (χ0n) is 10.1. The maximum absolute atomic E-state index is 11.0. The monoisotopic (exact) mass is 266 g/mol. The number of nitrogens with one attached hydrogen (secondary N) is 1. The summed E-state index contributed by atoms with van der Waals surface area (Å²) in [5.74, 6) is -0.0309. The van der Waals surface area contributed by atoms with E-state index >= 15 is 0 Å². The number of nitrogens with zero attached hydrogens (tertiary/aromatic N) is 1. The van der Waals surface area contributed by atoms with E-state index in [4.69, 9.17) is 11.6 Å². The van der Waals surface area contributed by atoms with Crippen molar-refractivity contribution >= 4 is 29.5 Å². The predicted molar refractivity (Wildman–Crippen MR) is 71.3 cm³/mol. The molecule has 1 heterocycles. The Labute approximate surface area is 111 Å². The van der Waals surface area contributed by atoms with Gasteiger partial charge in [-0.1, -0.05) is 17.7 Å². The number of carbonyl (C=O) groups excluding carboxylic acids is 2. The van der Waals surface area contributed by atoms with Crippen molar-refractivity contribution < 1.29 is 9.59 Å². The third kappa shape index (κ3) is 2.64. The first-order valence-corrected chi connectivity index (χ1v) is 6.25. The van der Waals surface area contributed by atoms with Crippen molar-refractivity contribution in [2.75, 3.05) is 18.0 Å². The quantitative estimate of drug-likeness (QED) is 0.850. The van der Waals surface area contributed by atoms with Crippen LogP contribution in [-0.4, -0.2) is 31.3 Å². The molecular weight excluding hydrogens is 252 g/mol. The van der Waals surface area contributed by atoms with Gasteiger partial charge in [-0.25, -0.2) is 0 Å². The molecule has 4 nitrogen and oxygen atoms in total. The fourth-order valence-electron chi connectivity index (χ4n) is 2.33. The fourth-order valence-corrected chi connectivity index (χ4v) is 2.63. The highest BCUT2D eigenvalue weighted by molar-refractivity contribution is 6.33. The van der Waals surface area contributed by atoms with E-state index in [9.17, 15) is 9.59 Å². The minimum atomic E-state index is -0.0309. The number of carbonyl (C=O) groups is 2. The molecule has 1 N–H and O–H groups in total. The largest absolute Gasteiger partial charge is 0.368 e. The normalized spacial score (nSPS) is 18.8. The molecule has 1 aromatic rings. The third-order valence-electron chi connectivity index (χ3n) is 3.06. The molecule has 1 atom stereocenters. The van der Waals surface area contributed by atoms with Crippen LogP contribution in [0.3, 0.4) is 0 Å². The first-order chi connectivity index (χ1) is 8.61. The fraction of sp³-hybridized carbons (Fsp3) is 0.385. The van der Waals surface area contributed by atoms with Crippen molar-refractivity contribution in [3.63, 3.8) is 0 Å². The van der Waals surface area contributed by atoms with Gasteiger partial charge in [0.25, 0.3) is 0 Å². The van der Waals surface area contributed by atoms with Crippen LogP contribution in [0, 0.1) is 0 Å². The average Bonchev–Trinajstić information content (AvgIpc) is 2.75. The second-order valence-electron chi connectivity index (χ2n) is 4.43. The van der Waals surface area contributed by atoms with Crippen LogP contribution < -0.4 is 10.2 Å². The zero-order chi connectivity index (χ0) is 13.1. The second-order valence-corrected chi connectivity index (χ2v) is 4.83. The highest BCUT2D eigenvalue weighted by Gasteiger charge is 2.26. The lowest BCUT2D eigenvalue weighted by Gasteiger charge is -2.21. The maximum Gasteiger partial charge on any atom is 0.217 e. The van der Waals surface area contributed by atoms with Crippen LogP contribution in [0.15, 0.2) is 18.2 Å². The number of benzene rings is 1. The Hall–Kier alpha value is -1.55. The molecule has 0 saturated carbocycles. The molecule has 1 aliphatic rings. The van der Waals surface area contributed by atoms with Gasteiger partial charge in [0.15, 0.2) is 6.29 Å². The van der Waals surface area contributed by atoms with Gasteiger partial charge < -0.3 is 10.2 Å². The number of hydrogen-bond donors (Lipinski definition) is 1. The Kier molecular flexibility index (Phi) is 3.87. The first kappa shape index (κ1) is 12.9. The Balaban J connectivity index is 2.19. The van der Waals surface area contributed by atoms with Gasteiger partial charge in [0.1, 0.15) is 0 Å². The van der Waals surface area contributed by atoms with Gasteiger partial charge in [-0.2, -0.15) is 0 Å². The molecule has 0 bridgehead atoms. The summed E-state index contributed by atoms with van der Waals surface area (Å²) in [5, 5.41) is 3.46. The molecule has 0 aromatic heterocycles. The van der Waals surface area contributed by atoms with Crippen molar-refractivity contribution in [3.05, 3.63) is 28.8 Å². The van der Waals surface area contributed by atoms with Crippen LogP contribution in [0.4, 0.5) is 5.69 Å². The van der Waals surface area contributed by atoms with E-state index in [1.165, 1.54) is 6.92 Å². The highest BCUT2D eigenvalue weighted by Crippen LogP contribution is 2.31. The van der Waals surface area contributed by atoms with E-state index in [2.05, 4.69) is 5.32 Å². The van der Waals surface area contributed by atoms with Crippen LogP contribution in [0.1, 0.15) is 23.7 Å². The number of para-hydroxylation sites is 1. The molecule has 2 rings (SSSR count). The van der Waals surface area contributed by atoms with Crippen molar-refractivity contribution in [3.8, 4) is 0 Å². The molecule has 1 amide bonds. The Morgan fingerprint density at radius 2 is 2.33 bits per heavy atom. The molecular formula is C13H15ClN2O2. The summed E-state index contributed by atoms with van der Waals surface area (Å²) in [7, 11) is 0. The van der Waals surface area contributed by atoms with E-state index in [1.807, 2.05) is 4.90 Å². The number of hydrogen-bond acceptors (Lipinski definition) is 3. The molecule has 0 spiro atoms. The molecule has 96 valence electrons. The minimum absolute atomic E-state index is 0.0309. The molecule has 0 radical (unpaired) electrons. The molecule has 1 aromatic carbocycles. The summed E-state index contributed by atoms with van der Waals surface area (Å²) in [6, 6.07) is 5.41. The van der Waals surface area contributed by atoms with Gasteiger partial charge >= 0.3 is 0 Å². The summed E-state index contributed by atoms with van der Waals surface area (Å²) in [6.07, 6.45) is 1.68. The van der Waals surface area contributed by atoms with Gasteiger partial charge in [-0.15, -0.1) is 0 Å². The Morgan fingerprint density at radius 3 is 3.00 bits per heavy atom. The second kappa shape index (κ2) is 5.40. The standard InChI is InChI=1S/C13H15ClN2O2/c1-9(18)15-11-5-6-16(7-11)13-10(8-17)3-2-4-12(13)14/h2-4,8,11H,5-7H2,1H3,(H,15,18). The lowest BCUT2D eigenvalue weighted by atomic mass is 10.2. The predicted octanol–water partition coefficient (Wildman–Crippen LogP) is 1.87. The van der Waals surface area contributed by atoms with Gasteiger partial charge in [-0.3, -0.25) is 9.59 Å². The lowest BCUT2D eigenvalue weighted by Crippen LogP contribution is -2.35. The van der Waals surface area contributed by atoms with Crippen molar-refractivity contribution in [2.24, 2.45) is 0 Å². The molecule has 0 aliphatic carbocycles. The molecule has 1 aliphatic heterocycles. The number of halogens is 1. The number of aldehydes is 1. The highest BCUT2D eigenvalue weighted by atomic mass is 35.5. The van der Waals surface area contributed by atoms with E-state index in [0.717, 1.165) is 24.9 Å². The van der Waals surface area contributed by atoms with E-state index in [1.54, 1.807) is 18.2 Å². The van der Waals surface area contributed by atoms with Crippen molar-refractivity contribution in [2.45, 2.75) is 19.4 Å². The minimum Gasteiger partial charge on any atom is -0.368 e. The van der Waals surface area contributed by atoms with E-state index < -0.39 is 0 Å². The summed E-state index contributed by atoms with van der Waals surface area (Å²) in [5.41, 5.74) is 1.35. The molecule has 1 unspecified atom stereocenters. The summed E-state index contributed by atoms with van der Waals surface area (Å²) < 4.78 is 0. The number of anilines is 1. The first-order valence-electron chi connectivity index (χ1n) is 5.87. The summed E-state index contributed by atoms with van der Waals surface area (Å²) >= 11 is 6.15. The molecule has 1 saturated heterocycles. The van der Waals surface area contributed by atoms with E-state index in [-0.39, 0.29) is 11.9 Å².